The third-order valence-corrected chi connectivity index (χ3v) is 3.31. The average Bonchev–Trinajstić information content (AvgIpc) is 2.62. The Morgan fingerprint density at radius 3 is 2.35 bits per heavy atom. The van der Waals surface area contributed by atoms with E-state index in [1.807, 2.05) is 36.4 Å². The van der Waals surface area contributed by atoms with Crippen molar-refractivity contribution in [1.82, 2.24) is 0 Å². The fourth-order valence-electron chi connectivity index (χ4n) is 2.08. The molecule has 2 aromatic rings. The second kappa shape index (κ2) is 9.45. The maximum atomic E-state index is 11.9. The molecule has 0 aliphatic heterocycles. The number of carbonyl (C=O) groups is 1. The van der Waals surface area contributed by atoms with Crippen LogP contribution in [-0.4, -0.2) is 18.7 Å². The normalized spacial score (nSPS) is 11.4. The van der Waals surface area contributed by atoms with Crippen LogP contribution < -0.4 is 0 Å². The first-order valence-electron chi connectivity index (χ1n) is 7.63. The van der Waals surface area contributed by atoms with Gasteiger partial charge < -0.3 is 9.47 Å². The highest BCUT2D eigenvalue weighted by Gasteiger charge is 2.13. The van der Waals surface area contributed by atoms with Crippen LogP contribution in [0, 0.1) is 12.3 Å². The largest absolute Gasteiger partial charge is 0.446 e. The van der Waals surface area contributed by atoms with Crippen LogP contribution in [0.3, 0.4) is 0 Å². The Balaban J connectivity index is 1.67. The van der Waals surface area contributed by atoms with Gasteiger partial charge in [0, 0.05) is 6.61 Å². The Kier molecular flexibility index (Phi) is 6.90. The average molecular weight is 308 g/mol. The van der Waals surface area contributed by atoms with Crippen LogP contribution in [-0.2, 0) is 16.1 Å². The van der Waals surface area contributed by atoms with E-state index < -0.39 is 12.1 Å². The minimum Gasteiger partial charge on any atom is -0.446 e. The molecular formula is C20H20O3. The van der Waals surface area contributed by atoms with Gasteiger partial charge in [0.05, 0.1) is 12.2 Å². The molecule has 23 heavy (non-hydrogen) atoms. The Morgan fingerprint density at radius 1 is 1.04 bits per heavy atom. The van der Waals surface area contributed by atoms with Crippen LogP contribution in [0.5, 0.6) is 0 Å². The molecule has 2 rings (SSSR count). The number of rotatable bonds is 8. The van der Waals surface area contributed by atoms with Crippen molar-refractivity contribution in [2.24, 2.45) is 0 Å². The van der Waals surface area contributed by atoms with Gasteiger partial charge >= 0.3 is 5.97 Å². The minimum atomic E-state index is -0.525. The molecule has 0 bridgehead atoms. The lowest BCUT2D eigenvalue weighted by molar-refractivity contribution is 0.0367. The number of hydrogen-bond acceptors (Lipinski definition) is 3. The van der Waals surface area contributed by atoms with Crippen LogP contribution in [0.4, 0.5) is 0 Å². The first-order valence-corrected chi connectivity index (χ1v) is 7.63. The smallest absolute Gasteiger partial charge is 0.339 e. The summed E-state index contributed by atoms with van der Waals surface area (Å²) in [6.45, 7) is 1.15. The predicted octanol–water partition coefficient (Wildman–Crippen LogP) is 3.84. The van der Waals surface area contributed by atoms with Gasteiger partial charge in [-0.05, 0) is 30.5 Å². The summed E-state index contributed by atoms with van der Waals surface area (Å²) in [6.07, 6.45) is 6.24. The monoisotopic (exact) mass is 308 g/mol. The van der Waals surface area contributed by atoms with Crippen LogP contribution >= 0.6 is 0 Å². The van der Waals surface area contributed by atoms with Crippen LogP contribution in [0.15, 0.2) is 60.7 Å². The molecule has 0 amide bonds. The summed E-state index contributed by atoms with van der Waals surface area (Å²) < 4.78 is 10.9. The Labute approximate surface area is 137 Å². The summed E-state index contributed by atoms with van der Waals surface area (Å²) in [7, 11) is 0. The van der Waals surface area contributed by atoms with Gasteiger partial charge in [-0.15, -0.1) is 6.42 Å². The number of terminal acetylenes is 1. The first kappa shape index (κ1) is 16.8. The van der Waals surface area contributed by atoms with E-state index in [1.54, 1.807) is 24.3 Å². The van der Waals surface area contributed by atoms with Crippen LogP contribution in [0.2, 0.25) is 0 Å². The van der Waals surface area contributed by atoms with Crippen molar-refractivity contribution in [1.29, 1.82) is 0 Å². The van der Waals surface area contributed by atoms with E-state index >= 15 is 0 Å². The van der Waals surface area contributed by atoms with E-state index in [1.165, 1.54) is 0 Å². The molecule has 0 aliphatic carbocycles. The number of esters is 1. The lowest BCUT2D eigenvalue weighted by Crippen LogP contribution is -2.17. The van der Waals surface area contributed by atoms with E-state index in [2.05, 4.69) is 5.92 Å². The topological polar surface area (TPSA) is 35.5 Å². The van der Waals surface area contributed by atoms with Gasteiger partial charge in [0.25, 0.3) is 0 Å². The number of benzene rings is 2. The molecule has 0 N–H and O–H groups in total. The maximum Gasteiger partial charge on any atom is 0.339 e. The van der Waals surface area contributed by atoms with Crippen molar-refractivity contribution >= 4 is 5.97 Å². The highest BCUT2D eigenvalue weighted by molar-refractivity contribution is 5.89. The fourth-order valence-corrected chi connectivity index (χ4v) is 2.08. The molecule has 3 heteroatoms. The quantitative estimate of drug-likeness (QED) is 0.422. The van der Waals surface area contributed by atoms with Crippen LogP contribution in [0.1, 0.15) is 28.8 Å². The maximum absolute atomic E-state index is 11.9. The van der Waals surface area contributed by atoms with Crippen molar-refractivity contribution in [2.75, 3.05) is 6.61 Å². The Hall–Kier alpha value is -2.57. The second-order valence-electron chi connectivity index (χ2n) is 5.11. The zero-order chi connectivity index (χ0) is 16.3. The molecule has 0 saturated heterocycles. The van der Waals surface area contributed by atoms with Crippen molar-refractivity contribution < 1.29 is 14.3 Å². The summed E-state index contributed by atoms with van der Waals surface area (Å²) in [5.41, 5.74) is 1.64. The summed E-state index contributed by atoms with van der Waals surface area (Å²) in [4.78, 5) is 11.9. The molecule has 0 fully saturated rings. The van der Waals surface area contributed by atoms with Gasteiger partial charge in [-0.25, -0.2) is 4.79 Å². The van der Waals surface area contributed by atoms with Gasteiger partial charge in [0.15, 0.2) is 6.10 Å². The van der Waals surface area contributed by atoms with E-state index in [-0.39, 0.29) is 0 Å². The molecule has 0 heterocycles. The molecular weight excluding hydrogens is 288 g/mol. The van der Waals surface area contributed by atoms with Crippen molar-refractivity contribution in [3.8, 4) is 12.3 Å². The SMILES string of the molecule is C#C[C@@H](CCCOCc1ccccc1)OC(=O)c1ccccc1. The number of carbonyl (C=O) groups excluding carboxylic acids is 1. The van der Waals surface area contributed by atoms with Gasteiger partial charge in [0.1, 0.15) is 0 Å². The predicted molar refractivity (Wildman–Crippen MR) is 89.8 cm³/mol. The third-order valence-electron chi connectivity index (χ3n) is 3.31. The summed E-state index contributed by atoms with van der Waals surface area (Å²) >= 11 is 0. The van der Waals surface area contributed by atoms with E-state index in [9.17, 15) is 4.79 Å². The molecule has 0 saturated carbocycles. The lowest BCUT2D eigenvalue weighted by atomic mass is 10.2. The highest BCUT2D eigenvalue weighted by atomic mass is 16.5. The standard InChI is InChI=1S/C20H20O3/c1-2-19(23-20(21)18-12-7-4-8-13-18)14-9-15-22-16-17-10-5-3-6-11-17/h1,3-8,10-13,19H,9,14-16H2/t19-/m0/s1. The third kappa shape index (κ3) is 5.98. The molecule has 0 spiro atoms. The molecule has 0 unspecified atom stereocenters. The highest BCUT2D eigenvalue weighted by Crippen LogP contribution is 2.08. The summed E-state index contributed by atoms with van der Waals surface area (Å²) in [6, 6.07) is 18.8. The van der Waals surface area contributed by atoms with Crippen molar-refractivity contribution in [2.45, 2.75) is 25.6 Å². The van der Waals surface area contributed by atoms with Gasteiger partial charge in [0.2, 0.25) is 0 Å². The van der Waals surface area contributed by atoms with E-state index in [0.29, 0.717) is 25.2 Å². The minimum absolute atomic E-state index is 0.390. The Bertz CT molecular complexity index is 629. The lowest BCUT2D eigenvalue weighted by Gasteiger charge is -2.12. The zero-order valence-electron chi connectivity index (χ0n) is 13.0. The molecule has 0 aliphatic rings. The molecule has 118 valence electrons. The molecule has 1 atom stereocenters. The van der Waals surface area contributed by atoms with Gasteiger partial charge in [-0.2, -0.15) is 0 Å². The fraction of sp³-hybridized carbons (Fsp3) is 0.250. The van der Waals surface area contributed by atoms with Gasteiger partial charge in [-0.3, -0.25) is 0 Å². The molecule has 2 aromatic carbocycles. The van der Waals surface area contributed by atoms with Crippen molar-refractivity contribution in [3.63, 3.8) is 0 Å². The van der Waals surface area contributed by atoms with Gasteiger partial charge in [-0.1, -0.05) is 54.5 Å². The summed E-state index contributed by atoms with van der Waals surface area (Å²) in [5.74, 6) is 2.12. The first-order chi connectivity index (χ1) is 11.3. The Morgan fingerprint density at radius 2 is 1.70 bits per heavy atom. The van der Waals surface area contributed by atoms with E-state index in [0.717, 1.165) is 12.0 Å². The zero-order valence-corrected chi connectivity index (χ0v) is 13.0. The number of ether oxygens (including phenoxy) is 2. The van der Waals surface area contributed by atoms with E-state index in [4.69, 9.17) is 15.9 Å². The molecule has 3 nitrogen and oxygen atoms in total. The van der Waals surface area contributed by atoms with Crippen LogP contribution in [0.25, 0.3) is 0 Å². The molecule has 0 aromatic heterocycles. The second-order valence-corrected chi connectivity index (χ2v) is 5.11. The summed E-state index contributed by atoms with van der Waals surface area (Å²) in [5, 5.41) is 0. The van der Waals surface area contributed by atoms with Crippen molar-refractivity contribution in [3.05, 3.63) is 71.8 Å². The molecule has 0 radical (unpaired) electrons. The number of hydrogen-bond donors (Lipinski definition) is 0.